The Kier molecular flexibility index (Phi) is 50.0. The van der Waals surface area contributed by atoms with E-state index in [-0.39, 0.29) is 100 Å². The zero-order valence-electron chi connectivity index (χ0n) is 8.85. The molecule has 0 aliphatic carbocycles. The fourth-order valence-electron chi connectivity index (χ4n) is 0. The molecule has 0 aromatic heterocycles. The monoisotopic (exact) mass is 328 g/mol. The van der Waals surface area contributed by atoms with E-state index in [1.165, 1.54) is 0 Å². The van der Waals surface area contributed by atoms with Crippen LogP contribution in [0.4, 0.5) is 0 Å². The SMILES string of the molecule is CC(O)C(=O)[O-].CC(O)C(=O)[O-].[Ca+2].[Ca+2].[Cl-].[Cl-]. The van der Waals surface area contributed by atoms with Gasteiger partial charge in [-0.25, -0.2) is 0 Å². The first-order valence-corrected chi connectivity index (χ1v) is 3.06. The van der Waals surface area contributed by atoms with Crippen LogP contribution in [0.15, 0.2) is 0 Å². The Balaban J connectivity index is -0.0000000250. The van der Waals surface area contributed by atoms with Crippen molar-refractivity contribution in [2.24, 2.45) is 0 Å². The predicted octanol–water partition coefficient (Wildman–Crippen LogP) is -10.5. The molecule has 0 aliphatic heterocycles. The average Bonchev–Trinajstić information content (AvgIpc) is 1.88. The zero-order chi connectivity index (χ0) is 10.3. The number of carboxylic acids is 2. The Bertz CT molecular complexity index is 149. The summed E-state index contributed by atoms with van der Waals surface area (Å²) < 4.78 is 0. The zero-order valence-corrected chi connectivity index (χ0v) is 14.8. The van der Waals surface area contributed by atoms with Gasteiger partial charge in [0.15, 0.2) is 0 Å². The molecule has 2 unspecified atom stereocenters. The fourth-order valence-corrected chi connectivity index (χ4v) is 0. The summed E-state index contributed by atoms with van der Waals surface area (Å²) in [5, 5.41) is 34.6. The number of aliphatic hydroxyl groups is 2. The van der Waals surface area contributed by atoms with Crippen LogP contribution < -0.4 is 35.0 Å². The number of hydrogen-bond acceptors (Lipinski definition) is 6. The van der Waals surface area contributed by atoms with E-state index in [2.05, 4.69) is 0 Å². The molecule has 0 rings (SSSR count). The van der Waals surface area contributed by atoms with Crippen LogP contribution in [0.5, 0.6) is 0 Å². The molecule has 16 heavy (non-hydrogen) atoms. The van der Waals surface area contributed by atoms with Crippen LogP contribution in [-0.4, -0.2) is 110 Å². The minimum absolute atomic E-state index is 0. The van der Waals surface area contributed by atoms with Crippen LogP contribution in [0.1, 0.15) is 13.8 Å². The Morgan fingerprint density at radius 3 is 0.938 bits per heavy atom. The maximum Gasteiger partial charge on any atom is 2.00 e. The predicted molar refractivity (Wildman–Crippen MR) is 44.9 cm³/mol. The van der Waals surface area contributed by atoms with Crippen molar-refractivity contribution in [3.63, 3.8) is 0 Å². The normalized spacial score (nSPS) is 10.2. The summed E-state index contributed by atoms with van der Waals surface area (Å²) >= 11 is 0. The first kappa shape index (κ1) is 36.1. The third-order valence-electron chi connectivity index (χ3n) is 0.682. The van der Waals surface area contributed by atoms with Gasteiger partial charge >= 0.3 is 75.5 Å². The van der Waals surface area contributed by atoms with Crippen LogP contribution in [0.2, 0.25) is 0 Å². The van der Waals surface area contributed by atoms with Crippen molar-refractivity contribution in [3.05, 3.63) is 0 Å². The minimum Gasteiger partial charge on any atom is -1.00 e. The van der Waals surface area contributed by atoms with Gasteiger partial charge in [-0.1, -0.05) is 0 Å². The van der Waals surface area contributed by atoms with E-state index in [0.717, 1.165) is 13.8 Å². The van der Waals surface area contributed by atoms with Gasteiger partial charge < -0.3 is 54.8 Å². The third-order valence-corrected chi connectivity index (χ3v) is 0.682. The van der Waals surface area contributed by atoms with Gasteiger partial charge in [0.05, 0.1) is 24.1 Å². The van der Waals surface area contributed by atoms with Crippen molar-refractivity contribution in [2.45, 2.75) is 26.1 Å². The van der Waals surface area contributed by atoms with Crippen LogP contribution in [-0.2, 0) is 9.59 Å². The molecular weight excluding hydrogens is 319 g/mol. The summed E-state index contributed by atoms with van der Waals surface area (Å²) in [6, 6.07) is 0. The molecule has 2 atom stereocenters. The summed E-state index contributed by atoms with van der Waals surface area (Å²) in [5.41, 5.74) is 0. The smallest absolute Gasteiger partial charge is 1.00 e. The molecule has 6 nitrogen and oxygen atoms in total. The number of aliphatic carboxylic acids is 2. The molecule has 88 valence electrons. The van der Waals surface area contributed by atoms with Crippen molar-refractivity contribution in [1.29, 1.82) is 0 Å². The Morgan fingerprint density at radius 2 is 0.938 bits per heavy atom. The van der Waals surface area contributed by atoms with Crippen molar-refractivity contribution >= 4 is 87.4 Å². The van der Waals surface area contributed by atoms with Crippen molar-refractivity contribution < 1.29 is 54.8 Å². The number of hydrogen-bond donors (Lipinski definition) is 2. The quantitative estimate of drug-likeness (QED) is 0.485. The van der Waals surface area contributed by atoms with Gasteiger partial charge in [0, 0.05) is 0 Å². The van der Waals surface area contributed by atoms with Gasteiger partial charge in [-0.3, -0.25) is 0 Å². The van der Waals surface area contributed by atoms with Crippen molar-refractivity contribution in [1.82, 2.24) is 0 Å². The molecule has 0 aromatic rings. The van der Waals surface area contributed by atoms with Gasteiger partial charge in [0.25, 0.3) is 0 Å². The minimum atomic E-state index is -1.44. The number of rotatable bonds is 2. The van der Waals surface area contributed by atoms with E-state index in [4.69, 9.17) is 10.2 Å². The maximum atomic E-state index is 9.34. The number of aliphatic hydroxyl groups excluding tert-OH is 2. The van der Waals surface area contributed by atoms with Crippen LogP contribution in [0.3, 0.4) is 0 Å². The molecular formula is C6H10Ca2Cl2O6. The Morgan fingerprint density at radius 1 is 0.875 bits per heavy atom. The van der Waals surface area contributed by atoms with Gasteiger partial charge in [0.2, 0.25) is 0 Å². The molecule has 0 fully saturated rings. The van der Waals surface area contributed by atoms with Crippen LogP contribution >= 0.6 is 0 Å². The summed E-state index contributed by atoms with van der Waals surface area (Å²) in [6.07, 6.45) is -2.69. The largest absolute Gasteiger partial charge is 2.00 e. The van der Waals surface area contributed by atoms with Gasteiger partial charge in [-0.15, -0.1) is 0 Å². The molecule has 10 heteroatoms. The standard InChI is InChI=1S/2C3H6O3.2Ca.2ClH/c2*1-2(4)3(5)6;;;;/h2*2,4H,1H3,(H,5,6);;;2*1H/q;;2*+2;;/p-4. The van der Waals surface area contributed by atoms with Crippen molar-refractivity contribution in [2.75, 3.05) is 0 Å². The van der Waals surface area contributed by atoms with Gasteiger partial charge in [0.1, 0.15) is 0 Å². The van der Waals surface area contributed by atoms with Crippen molar-refractivity contribution in [3.8, 4) is 0 Å². The summed E-state index contributed by atoms with van der Waals surface area (Å²) in [7, 11) is 0. The molecule has 0 spiro atoms. The van der Waals surface area contributed by atoms with E-state index >= 15 is 0 Å². The number of halogens is 2. The van der Waals surface area contributed by atoms with E-state index in [1.807, 2.05) is 0 Å². The number of carbonyl (C=O) groups is 2. The second-order valence-corrected chi connectivity index (χ2v) is 1.99. The molecule has 0 saturated heterocycles. The van der Waals surface area contributed by atoms with Crippen LogP contribution in [0.25, 0.3) is 0 Å². The molecule has 0 aromatic carbocycles. The first-order chi connectivity index (χ1) is 5.29. The molecule has 0 amide bonds. The molecule has 0 heterocycles. The van der Waals surface area contributed by atoms with E-state index in [9.17, 15) is 19.8 Å². The van der Waals surface area contributed by atoms with E-state index < -0.39 is 24.1 Å². The fraction of sp³-hybridized carbons (Fsp3) is 0.667. The van der Waals surface area contributed by atoms with Gasteiger partial charge in [-0.2, -0.15) is 0 Å². The average molecular weight is 329 g/mol. The third kappa shape index (κ3) is 36.0. The second kappa shape index (κ2) is 22.2. The first-order valence-electron chi connectivity index (χ1n) is 3.06. The maximum absolute atomic E-state index is 9.34. The van der Waals surface area contributed by atoms with Crippen LogP contribution in [0, 0.1) is 0 Å². The number of carbonyl (C=O) groups excluding carboxylic acids is 2. The summed E-state index contributed by atoms with van der Waals surface area (Å²) in [4.78, 5) is 18.7. The molecule has 0 bridgehead atoms. The molecule has 0 aliphatic rings. The molecule has 0 radical (unpaired) electrons. The topological polar surface area (TPSA) is 121 Å². The van der Waals surface area contributed by atoms with E-state index in [1.54, 1.807) is 0 Å². The van der Waals surface area contributed by atoms with Gasteiger partial charge in [-0.05, 0) is 13.8 Å². The Hall–Kier alpha value is 1.96. The number of carboxylic acid groups (broad SMARTS) is 2. The molecule has 2 N–H and O–H groups in total. The summed E-state index contributed by atoms with van der Waals surface area (Å²) in [6.45, 7) is 2.27. The summed E-state index contributed by atoms with van der Waals surface area (Å²) in [5.74, 6) is -2.87. The molecule has 0 saturated carbocycles. The second-order valence-electron chi connectivity index (χ2n) is 1.99. The van der Waals surface area contributed by atoms with E-state index in [0.29, 0.717) is 0 Å². The Labute approximate surface area is 166 Å².